The van der Waals surface area contributed by atoms with Gasteiger partial charge in [0, 0.05) is 30.9 Å². The van der Waals surface area contributed by atoms with Crippen LogP contribution in [0.2, 0.25) is 0 Å². The molecule has 6 heteroatoms. The minimum Gasteiger partial charge on any atom is -0.381 e. The summed E-state index contributed by atoms with van der Waals surface area (Å²) in [6, 6.07) is 16.4. The normalized spacial score (nSPS) is 19.9. The Balaban J connectivity index is 1.24. The molecule has 0 aliphatic carbocycles. The molecule has 2 aromatic rings. The van der Waals surface area contributed by atoms with Crippen molar-refractivity contribution in [3.8, 4) is 0 Å². The van der Waals surface area contributed by atoms with Gasteiger partial charge in [0.1, 0.15) is 6.04 Å². The van der Waals surface area contributed by atoms with Gasteiger partial charge in [-0.2, -0.15) is 0 Å². The van der Waals surface area contributed by atoms with Gasteiger partial charge in [0.15, 0.2) is 0 Å². The van der Waals surface area contributed by atoms with Crippen molar-refractivity contribution in [1.29, 1.82) is 0 Å². The first kappa shape index (κ1) is 20.4. The fourth-order valence-electron chi connectivity index (χ4n) is 4.06. The maximum Gasteiger partial charge on any atom is 0.249 e. The Kier molecular flexibility index (Phi) is 6.64. The lowest BCUT2D eigenvalue weighted by atomic mass is 10.1. The summed E-state index contributed by atoms with van der Waals surface area (Å²) >= 11 is 0. The molecule has 4 rings (SSSR count). The van der Waals surface area contributed by atoms with Gasteiger partial charge in [-0.1, -0.05) is 30.7 Å². The second-order valence-electron chi connectivity index (χ2n) is 8.23. The number of nitrogens with zero attached hydrogens (tertiary/aromatic N) is 1. The van der Waals surface area contributed by atoms with Crippen molar-refractivity contribution in [2.24, 2.45) is 0 Å². The first-order valence-electron chi connectivity index (χ1n) is 10.9. The third-order valence-corrected chi connectivity index (χ3v) is 5.84. The number of likely N-dealkylation sites (tertiary alicyclic amines) is 1. The maximum atomic E-state index is 11.9. The lowest BCUT2D eigenvalue weighted by molar-refractivity contribution is -0.133. The summed E-state index contributed by atoms with van der Waals surface area (Å²) < 4.78 is 0. The van der Waals surface area contributed by atoms with Crippen LogP contribution in [0.3, 0.4) is 0 Å². The van der Waals surface area contributed by atoms with E-state index in [1.807, 2.05) is 24.3 Å². The quantitative estimate of drug-likeness (QED) is 0.614. The van der Waals surface area contributed by atoms with Gasteiger partial charge in [-0.25, -0.2) is 0 Å². The Hall–Kier alpha value is -2.86. The minimum atomic E-state index is -0.357. The van der Waals surface area contributed by atoms with Crippen LogP contribution in [-0.2, 0) is 22.7 Å². The zero-order valence-electron chi connectivity index (χ0n) is 17.3. The first-order valence-corrected chi connectivity index (χ1v) is 10.9. The Morgan fingerprint density at radius 2 is 1.53 bits per heavy atom. The van der Waals surface area contributed by atoms with Crippen LogP contribution in [0.1, 0.15) is 43.2 Å². The maximum absolute atomic E-state index is 11.9. The van der Waals surface area contributed by atoms with Gasteiger partial charge in [0.2, 0.25) is 11.8 Å². The van der Waals surface area contributed by atoms with Crippen molar-refractivity contribution in [3.05, 3.63) is 59.7 Å². The summed E-state index contributed by atoms with van der Waals surface area (Å²) in [5.41, 5.74) is 4.53. The molecule has 0 saturated carbocycles. The lowest BCUT2D eigenvalue weighted by Crippen LogP contribution is -2.47. The van der Waals surface area contributed by atoms with Crippen LogP contribution in [-0.4, -0.2) is 35.8 Å². The third-order valence-electron chi connectivity index (χ3n) is 5.84. The van der Waals surface area contributed by atoms with Crippen LogP contribution in [0.4, 0.5) is 11.4 Å². The van der Waals surface area contributed by atoms with Crippen LogP contribution in [0, 0.1) is 0 Å². The van der Waals surface area contributed by atoms with E-state index in [0.29, 0.717) is 12.8 Å². The van der Waals surface area contributed by atoms with Gasteiger partial charge in [0.25, 0.3) is 0 Å². The Morgan fingerprint density at radius 3 is 2.23 bits per heavy atom. The number of imide groups is 1. The average Bonchev–Trinajstić information content (AvgIpc) is 2.77. The van der Waals surface area contributed by atoms with Crippen molar-refractivity contribution in [3.63, 3.8) is 0 Å². The number of carbonyl (C=O) groups excluding carboxylic acids is 2. The van der Waals surface area contributed by atoms with E-state index in [-0.39, 0.29) is 17.9 Å². The number of benzene rings is 2. The van der Waals surface area contributed by atoms with Crippen molar-refractivity contribution < 1.29 is 9.59 Å². The van der Waals surface area contributed by atoms with E-state index in [4.69, 9.17) is 0 Å². The van der Waals surface area contributed by atoms with E-state index >= 15 is 0 Å². The second-order valence-corrected chi connectivity index (χ2v) is 8.23. The fourth-order valence-corrected chi connectivity index (χ4v) is 4.06. The summed E-state index contributed by atoms with van der Waals surface area (Å²) in [4.78, 5) is 25.6. The third kappa shape index (κ3) is 5.60. The molecule has 6 nitrogen and oxygen atoms in total. The smallest absolute Gasteiger partial charge is 0.249 e. The zero-order chi connectivity index (χ0) is 20.8. The molecule has 0 radical (unpaired) electrons. The highest BCUT2D eigenvalue weighted by Crippen LogP contribution is 2.18. The van der Waals surface area contributed by atoms with Crippen LogP contribution in [0.25, 0.3) is 0 Å². The highest BCUT2D eigenvalue weighted by atomic mass is 16.2. The van der Waals surface area contributed by atoms with E-state index < -0.39 is 0 Å². The van der Waals surface area contributed by atoms with Crippen molar-refractivity contribution >= 4 is 23.2 Å². The number of nitrogens with one attached hydrogen (secondary N) is 3. The molecule has 2 aliphatic heterocycles. The molecule has 0 bridgehead atoms. The zero-order valence-corrected chi connectivity index (χ0v) is 17.3. The van der Waals surface area contributed by atoms with Gasteiger partial charge in [0.05, 0.1) is 0 Å². The average molecular weight is 407 g/mol. The van der Waals surface area contributed by atoms with Gasteiger partial charge < -0.3 is 10.6 Å². The molecule has 2 amide bonds. The molecule has 158 valence electrons. The number of hydrogen-bond donors (Lipinski definition) is 3. The molecule has 2 fully saturated rings. The van der Waals surface area contributed by atoms with Gasteiger partial charge in [-0.3, -0.25) is 19.8 Å². The largest absolute Gasteiger partial charge is 0.381 e. The van der Waals surface area contributed by atoms with Gasteiger partial charge in [-0.15, -0.1) is 0 Å². The molecule has 0 aromatic heterocycles. The summed E-state index contributed by atoms with van der Waals surface area (Å²) in [5, 5.41) is 9.01. The molecule has 1 unspecified atom stereocenters. The van der Waals surface area contributed by atoms with Crippen LogP contribution >= 0.6 is 0 Å². The molecule has 2 aromatic carbocycles. The lowest BCUT2D eigenvalue weighted by Gasteiger charge is -2.26. The molecule has 1 atom stereocenters. The summed E-state index contributed by atoms with van der Waals surface area (Å²) in [7, 11) is 0. The molecule has 2 saturated heterocycles. The monoisotopic (exact) mass is 406 g/mol. The van der Waals surface area contributed by atoms with E-state index in [2.05, 4.69) is 45.1 Å². The number of hydrogen-bond acceptors (Lipinski definition) is 5. The molecular formula is C24H30N4O2. The minimum absolute atomic E-state index is 0.197. The topological polar surface area (TPSA) is 73.5 Å². The summed E-state index contributed by atoms with van der Waals surface area (Å²) in [6.45, 7) is 4.26. The van der Waals surface area contributed by atoms with Crippen LogP contribution in [0.15, 0.2) is 48.5 Å². The van der Waals surface area contributed by atoms with E-state index in [1.165, 1.54) is 43.5 Å². The highest BCUT2D eigenvalue weighted by Gasteiger charge is 2.26. The molecule has 2 aliphatic rings. The van der Waals surface area contributed by atoms with Gasteiger partial charge >= 0.3 is 0 Å². The van der Waals surface area contributed by atoms with Crippen molar-refractivity contribution in [2.45, 2.75) is 51.2 Å². The van der Waals surface area contributed by atoms with E-state index in [0.717, 1.165) is 24.5 Å². The predicted octanol–water partition coefficient (Wildman–Crippen LogP) is 3.50. The molecular weight excluding hydrogens is 376 g/mol. The second kappa shape index (κ2) is 9.76. The number of rotatable bonds is 7. The summed E-state index contributed by atoms with van der Waals surface area (Å²) in [5.74, 6) is -0.450. The molecule has 2 heterocycles. The summed E-state index contributed by atoms with van der Waals surface area (Å²) in [6.07, 6.45) is 4.92. The number of carbonyl (C=O) groups is 2. The van der Waals surface area contributed by atoms with Gasteiger partial charge in [-0.05, 0) is 67.7 Å². The predicted molar refractivity (Wildman–Crippen MR) is 119 cm³/mol. The van der Waals surface area contributed by atoms with Crippen LogP contribution < -0.4 is 16.0 Å². The number of amides is 2. The Bertz CT molecular complexity index is 858. The molecule has 30 heavy (non-hydrogen) atoms. The highest BCUT2D eigenvalue weighted by molar-refractivity contribution is 6.01. The van der Waals surface area contributed by atoms with Crippen LogP contribution in [0.5, 0.6) is 0 Å². The molecule has 3 N–H and O–H groups in total. The van der Waals surface area contributed by atoms with E-state index in [9.17, 15) is 9.59 Å². The van der Waals surface area contributed by atoms with Crippen molar-refractivity contribution in [2.75, 3.05) is 23.7 Å². The van der Waals surface area contributed by atoms with Crippen molar-refractivity contribution in [1.82, 2.24) is 10.2 Å². The Labute approximate surface area is 178 Å². The first-order chi connectivity index (χ1) is 14.7. The standard InChI is InChI=1S/C24H30N4O2/c29-23-13-12-22(24(30)27-23)26-21-10-8-20(9-11-21)25-16-18-4-6-19(7-5-18)17-28-14-2-1-3-15-28/h4-11,22,25-26H,1-3,12-17H2,(H,27,29,30). The van der Waals surface area contributed by atoms with E-state index in [1.54, 1.807) is 0 Å². The number of anilines is 2. The number of piperidine rings is 2. The SMILES string of the molecule is O=C1CCC(Nc2ccc(NCc3ccc(CN4CCCCC4)cc3)cc2)C(=O)N1. The molecule has 0 spiro atoms. The fraction of sp³-hybridized carbons (Fsp3) is 0.417. The Morgan fingerprint density at radius 1 is 0.867 bits per heavy atom.